The number of halogens is 2. The fourth-order valence-electron chi connectivity index (χ4n) is 2.00. The minimum atomic E-state index is -0.360. The summed E-state index contributed by atoms with van der Waals surface area (Å²) in [6, 6.07) is 8.15. The lowest BCUT2D eigenvalue weighted by Crippen LogP contribution is -2.36. The lowest BCUT2D eigenvalue weighted by molar-refractivity contribution is 0.0732. The van der Waals surface area contributed by atoms with Crippen molar-refractivity contribution in [2.45, 2.75) is 6.54 Å². The van der Waals surface area contributed by atoms with E-state index in [-0.39, 0.29) is 11.7 Å². The number of hydrogen-bond donors (Lipinski definition) is 0. The second-order valence-corrected chi connectivity index (χ2v) is 7.12. The second kappa shape index (κ2) is 7.85. The van der Waals surface area contributed by atoms with Crippen molar-refractivity contribution >= 4 is 33.2 Å². The molecule has 0 fully saturated rings. The van der Waals surface area contributed by atoms with Gasteiger partial charge in [0.25, 0.3) is 5.91 Å². The number of carbonyl (C=O) groups excluding carboxylic acids is 1. The SMILES string of the molecule is CN(C)CCN(Cc1cccs1)C(=O)c1ccc(F)cc1Br. The molecule has 0 unspecified atom stereocenters. The first-order valence-corrected chi connectivity index (χ1v) is 8.56. The first kappa shape index (κ1) is 17.1. The van der Waals surface area contributed by atoms with E-state index in [0.29, 0.717) is 23.1 Å². The summed E-state index contributed by atoms with van der Waals surface area (Å²) < 4.78 is 13.7. The van der Waals surface area contributed by atoms with Gasteiger partial charge in [0.15, 0.2) is 0 Å². The van der Waals surface area contributed by atoms with Crippen LogP contribution in [0.4, 0.5) is 4.39 Å². The molecule has 0 radical (unpaired) electrons. The summed E-state index contributed by atoms with van der Waals surface area (Å²) in [4.78, 5) is 17.7. The van der Waals surface area contributed by atoms with Crippen LogP contribution >= 0.6 is 27.3 Å². The molecule has 1 aromatic carbocycles. The zero-order valence-corrected chi connectivity index (χ0v) is 15.0. The van der Waals surface area contributed by atoms with Gasteiger partial charge in [0.2, 0.25) is 0 Å². The molecule has 1 amide bonds. The Kier molecular flexibility index (Phi) is 6.11. The molecule has 2 aromatic rings. The van der Waals surface area contributed by atoms with E-state index >= 15 is 0 Å². The average molecular weight is 385 g/mol. The van der Waals surface area contributed by atoms with E-state index in [9.17, 15) is 9.18 Å². The second-order valence-electron chi connectivity index (χ2n) is 5.23. The third kappa shape index (κ3) is 4.63. The van der Waals surface area contributed by atoms with E-state index in [0.717, 1.165) is 11.4 Å². The third-order valence-electron chi connectivity index (χ3n) is 3.19. The Hall–Kier alpha value is -1.24. The van der Waals surface area contributed by atoms with E-state index in [1.54, 1.807) is 16.2 Å². The molecular weight excluding hydrogens is 367 g/mol. The van der Waals surface area contributed by atoms with Gasteiger partial charge in [-0.25, -0.2) is 4.39 Å². The van der Waals surface area contributed by atoms with Crippen LogP contribution in [-0.4, -0.2) is 42.9 Å². The number of carbonyl (C=O) groups is 1. The Balaban J connectivity index is 2.20. The zero-order chi connectivity index (χ0) is 16.1. The maximum Gasteiger partial charge on any atom is 0.255 e. The molecule has 0 saturated carbocycles. The van der Waals surface area contributed by atoms with E-state index < -0.39 is 0 Å². The fourth-order valence-corrected chi connectivity index (χ4v) is 3.24. The Bertz CT molecular complexity index is 631. The summed E-state index contributed by atoms with van der Waals surface area (Å²) in [6.07, 6.45) is 0. The van der Waals surface area contributed by atoms with Crippen molar-refractivity contribution in [1.29, 1.82) is 0 Å². The topological polar surface area (TPSA) is 23.6 Å². The first-order valence-electron chi connectivity index (χ1n) is 6.89. The number of thiophene rings is 1. The van der Waals surface area contributed by atoms with Crippen LogP contribution in [0, 0.1) is 5.82 Å². The predicted molar refractivity (Wildman–Crippen MR) is 91.7 cm³/mol. The monoisotopic (exact) mass is 384 g/mol. The highest BCUT2D eigenvalue weighted by Gasteiger charge is 2.19. The molecule has 2 rings (SSSR count). The van der Waals surface area contributed by atoms with Crippen molar-refractivity contribution in [2.75, 3.05) is 27.2 Å². The normalized spacial score (nSPS) is 11.0. The van der Waals surface area contributed by atoms with Crippen LogP contribution in [-0.2, 0) is 6.54 Å². The predicted octanol–water partition coefficient (Wildman–Crippen LogP) is 3.85. The van der Waals surface area contributed by atoms with Gasteiger partial charge < -0.3 is 9.80 Å². The standard InChI is InChI=1S/C16H18BrFN2OS/c1-19(2)7-8-20(11-13-4-3-9-22-13)16(21)14-6-5-12(18)10-15(14)17/h3-6,9-10H,7-8,11H2,1-2H3. The number of rotatable bonds is 6. The maximum atomic E-state index is 13.2. The fraction of sp³-hybridized carbons (Fsp3) is 0.312. The van der Waals surface area contributed by atoms with Crippen LogP contribution in [0.25, 0.3) is 0 Å². The molecule has 22 heavy (non-hydrogen) atoms. The number of benzene rings is 1. The highest BCUT2D eigenvalue weighted by Crippen LogP contribution is 2.21. The number of nitrogens with zero attached hydrogens (tertiary/aromatic N) is 2. The van der Waals surface area contributed by atoms with Gasteiger partial charge in [0.1, 0.15) is 5.82 Å². The summed E-state index contributed by atoms with van der Waals surface area (Å²) >= 11 is 4.90. The van der Waals surface area contributed by atoms with Gasteiger partial charge in [-0.05, 0) is 59.7 Å². The van der Waals surface area contributed by atoms with Crippen LogP contribution in [0.3, 0.4) is 0 Å². The lowest BCUT2D eigenvalue weighted by atomic mass is 10.2. The summed E-state index contributed by atoms with van der Waals surface area (Å²) in [5.41, 5.74) is 0.483. The van der Waals surface area contributed by atoms with Gasteiger partial charge in [-0.3, -0.25) is 4.79 Å². The van der Waals surface area contributed by atoms with Gasteiger partial charge >= 0.3 is 0 Å². The highest BCUT2D eigenvalue weighted by molar-refractivity contribution is 9.10. The van der Waals surface area contributed by atoms with Gasteiger partial charge in [-0.2, -0.15) is 0 Å². The average Bonchev–Trinajstić information content (AvgIpc) is 2.95. The molecule has 0 aliphatic carbocycles. The first-order chi connectivity index (χ1) is 10.5. The minimum absolute atomic E-state index is 0.0953. The number of hydrogen-bond acceptors (Lipinski definition) is 3. The Morgan fingerprint density at radius 3 is 2.64 bits per heavy atom. The highest BCUT2D eigenvalue weighted by atomic mass is 79.9. The largest absolute Gasteiger partial charge is 0.332 e. The molecule has 0 atom stereocenters. The van der Waals surface area contributed by atoms with Crippen LogP contribution < -0.4 is 0 Å². The van der Waals surface area contributed by atoms with Gasteiger partial charge in [-0.15, -0.1) is 11.3 Å². The molecular formula is C16H18BrFN2OS. The minimum Gasteiger partial charge on any atom is -0.332 e. The van der Waals surface area contributed by atoms with Gasteiger partial charge in [0.05, 0.1) is 12.1 Å². The van der Waals surface area contributed by atoms with Crippen molar-refractivity contribution in [3.8, 4) is 0 Å². The van der Waals surface area contributed by atoms with Crippen LogP contribution in [0.5, 0.6) is 0 Å². The molecule has 0 spiro atoms. The lowest BCUT2D eigenvalue weighted by Gasteiger charge is -2.24. The number of amides is 1. The Labute approximate surface area is 142 Å². The van der Waals surface area contributed by atoms with E-state index in [1.807, 2.05) is 36.5 Å². The van der Waals surface area contributed by atoms with Gasteiger partial charge in [0, 0.05) is 22.4 Å². The third-order valence-corrected chi connectivity index (χ3v) is 4.71. The van der Waals surface area contributed by atoms with Crippen molar-refractivity contribution in [3.05, 3.63) is 56.4 Å². The van der Waals surface area contributed by atoms with Crippen LogP contribution in [0.2, 0.25) is 0 Å². The van der Waals surface area contributed by atoms with Crippen LogP contribution in [0.1, 0.15) is 15.2 Å². The molecule has 0 saturated heterocycles. The smallest absolute Gasteiger partial charge is 0.255 e. The molecule has 1 heterocycles. The maximum absolute atomic E-state index is 13.2. The Morgan fingerprint density at radius 2 is 2.05 bits per heavy atom. The molecule has 3 nitrogen and oxygen atoms in total. The molecule has 118 valence electrons. The summed E-state index contributed by atoms with van der Waals surface area (Å²) in [6.45, 7) is 1.96. The molecule has 0 aliphatic heterocycles. The van der Waals surface area contributed by atoms with E-state index in [2.05, 4.69) is 15.9 Å². The van der Waals surface area contributed by atoms with Crippen molar-refractivity contribution < 1.29 is 9.18 Å². The molecule has 1 aromatic heterocycles. The molecule has 0 aliphatic rings. The van der Waals surface area contributed by atoms with Gasteiger partial charge in [-0.1, -0.05) is 6.07 Å². The summed E-state index contributed by atoms with van der Waals surface area (Å²) in [5.74, 6) is -0.455. The molecule has 0 bridgehead atoms. The zero-order valence-electron chi connectivity index (χ0n) is 12.6. The number of likely N-dealkylation sites (N-methyl/N-ethyl adjacent to an activating group) is 1. The van der Waals surface area contributed by atoms with E-state index in [1.165, 1.54) is 18.2 Å². The molecule has 0 N–H and O–H groups in total. The molecule has 6 heteroatoms. The Morgan fingerprint density at radius 1 is 1.27 bits per heavy atom. The van der Waals surface area contributed by atoms with Crippen molar-refractivity contribution in [3.63, 3.8) is 0 Å². The van der Waals surface area contributed by atoms with Crippen molar-refractivity contribution in [1.82, 2.24) is 9.80 Å². The van der Waals surface area contributed by atoms with Crippen molar-refractivity contribution in [2.24, 2.45) is 0 Å². The summed E-state index contributed by atoms with van der Waals surface area (Å²) in [7, 11) is 3.95. The summed E-state index contributed by atoms with van der Waals surface area (Å²) in [5, 5.41) is 2.00. The van der Waals surface area contributed by atoms with E-state index in [4.69, 9.17) is 0 Å². The quantitative estimate of drug-likeness (QED) is 0.754. The van der Waals surface area contributed by atoms with Crippen LogP contribution in [0.15, 0.2) is 40.2 Å².